The number of aliphatic hydroxyl groups excluding tert-OH is 1. The fraction of sp³-hybridized carbons (Fsp3) is 0.280. The molecule has 1 heterocycles. The number of H-pyrrole nitrogens is 1. The summed E-state index contributed by atoms with van der Waals surface area (Å²) in [6.07, 6.45) is 2.06. The summed E-state index contributed by atoms with van der Waals surface area (Å²) in [5, 5.41) is 26.3. The first-order valence-corrected chi connectivity index (χ1v) is 11.3. The molecule has 3 amide bonds. The minimum atomic E-state index is -1.41. The smallest absolute Gasteiger partial charge is 0.322 e. The molecule has 0 bridgehead atoms. The minimum absolute atomic E-state index is 0.0779. The fourth-order valence-electron chi connectivity index (χ4n) is 3.72. The molecule has 8 N–H and O–H groups in total. The van der Waals surface area contributed by atoms with Gasteiger partial charge in [-0.1, -0.05) is 48.5 Å². The van der Waals surface area contributed by atoms with Crippen molar-refractivity contribution in [1.82, 2.24) is 20.9 Å². The van der Waals surface area contributed by atoms with Crippen LogP contribution in [0.25, 0.3) is 10.9 Å². The predicted molar refractivity (Wildman–Crippen MR) is 132 cm³/mol. The molecule has 3 rings (SSSR count). The van der Waals surface area contributed by atoms with Crippen molar-refractivity contribution in [2.75, 3.05) is 13.2 Å². The number of aliphatic carboxylic acids is 1. The second-order valence-corrected chi connectivity index (χ2v) is 8.28. The van der Waals surface area contributed by atoms with Crippen molar-refractivity contribution in [1.29, 1.82) is 0 Å². The zero-order chi connectivity index (χ0) is 26.1. The van der Waals surface area contributed by atoms with E-state index in [1.807, 2.05) is 54.6 Å². The molecule has 11 nitrogen and oxygen atoms in total. The van der Waals surface area contributed by atoms with Crippen molar-refractivity contribution in [3.8, 4) is 0 Å². The van der Waals surface area contributed by atoms with Crippen LogP contribution in [0.3, 0.4) is 0 Å². The number of nitrogens with two attached hydrogens (primary N) is 1. The Balaban J connectivity index is 1.77. The number of aromatic nitrogens is 1. The number of aromatic amines is 1. The highest BCUT2D eigenvalue weighted by Crippen LogP contribution is 2.19. The van der Waals surface area contributed by atoms with Gasteiger partial charge in [-0.05, 0) is 23.6 Å². The Kier molecular flexibility index (Phi) is 9.14. The number of nitrogens with one attached hydrogen (secondary N) is 4. The van der Waals surface area contributed by atoms with Gasteiger partial charge in [-0.2, -0.15) is 0 Å². The van der Waals surface area contributed by atoms with Gasteiger partial charge in [-0.15, -0.1) is 0 Å². The third-order valence-electron chi connectivity index (χ3n) is 5.60. The van der Waals surface area contributed by atoms with Crippen LogP contribution in [0.2, 0.25) is 0 Å². The number of hydrogen-bond donors (Lipinski definition) is 7. The van der Waals surface area contributed by atoms with Gasteiger partial charge in [0, 0.05) is 23.5 Å². The molecule has 0 aliphatic carbocycles. The first-order valence-electron chi connectivity index (χ1n) is 11.3. The summed E-state index contributed by atoms with van der Waals surface area (Å²) >= 11 is 0. The summed E-state index contributed by atoms with van der Waals surface area (Å²) < 4.78 is 0. The van der Waals surface area contributed by atoms with Gasteiger partial charge >= 0.3 is 5.97 Å². The Morgan fingerprint density at radius 1 is 0.861 bits per heavy atom. The number of carboxylic acid groups (broad SMARTS) is 1. The zero-order valence-electron chi connectivity index (χ0n) is 19.4. The number of carboxylic acids is 1. The normalized spacial score (nSPS) is 13.4. The molecule has 36 heavy (non-hydrogen) atoms. The molecule has 3 unspecified atom stereocenters. The van der Waals surface area contributed by atoms with Gasteiger partial charge in [-0.25, -0.2) is 0 Å². The van der Waals surface area contributed by atoms with Crippen LogP contribution in [0, 0.1) is 0 Å². The van der Waals surface area contributed by atoms with Crippen molar-refractivity contribution in [3.63, 3.8) is 0 Å². The number of benzene rings is 2. The van der Waals surface area contributed by atoms with Crippen molar-refractivity contribution < 1.29 is 29.4 Å². The molecule has 0 radical (unpaired) electrons. The summed E-state index contributed by atoms with van der Waals surface area (Å²) in [5.41, 5.74) is 8.55. The van der Waals surface area contributed by atoms with E-state index in [0.29, 0.717) is 0 Å². The van der Waals surface area contributed by atoms with Crippen LogP contribution in [0.4, 0.5) is 0 Å². The summed E-state index contributed by atoms with van der Waals surface area (Å²) in [5.74, 6) is -3.44. The molecular formula is C25H29N5O6. The number of rotatable bonds is 12. The molecule has 3 aromatic rings. The molecule has 3 atom stereocenters. The minimum Gasteiger partial charge on any atom is -0.480 e. The SMILES string of the molecule is NC(Cc1ccccc1)C(=O)NC(Cc1c[nH]c2ccccc12)C(=O)NC(CO)C(=O)NCC(=O)O. The molecule has 1 aromatic heterocycles. The summed E-state index contributed by atoms with van der Waals surface area (Å²) in [4.78, 5) is 52.1. The average molecular weight is 496 g/mol. The quantitative estimate of drug-likeness (QED) is 0.175. The first-order chi connectivity index (χ1) is 17.3. The summed E-state index contributed by atoms with van der Waals surface area (Å²) in [7, 11) is 0. The van der Waals surface area contributed by atoms with E-state index < -0.39 is 55.0 Å². The number of carbonyl (C=O) groups excluding carboxylic acids is 3. The summed E-state index contributed by atoms with van der Waals surface area (Å²) in [6.45, 7) is -1.44. The van der Waals surface area contributed by atoms with Gasteiger partial charge in [0.1, 0.15) is 18.6 Å². The lowest BCUT2D eigenvalue weighted by Gasteiger charge is -2.23. The second-order valence-electron chi connectivity index (χ2n) is 8.28. The van der Waals surface area contributed by atoms with Crippen LogP contribution in [0.1, 0.15) is 11.1 Å². The van der Waals surface area contributed by atoms with E-state index in [4.69, 9.17) is 10.8 Å². The number of hydrogen-bond acceptors (Lipinski definition) is 6. The third-order valence-corrected chi connectivity index (χ3v) is 5.60. The molecule has 11 heteroatoms. The Hall–Kier alpha value is -4.22. The lowest BCUT2D eigenvalue weighted by atomic mass is 10.0. The summed E-state index contributed by atoms with van der Waals surface area (Å²) in [6, 6.07) is 13.2. The molecule has 190 valence electrons. The molecule has 2 aromatic carbocycles. The maximum Gasteiger partial charge on any atom is 0.322 e. The fourth-order valence-corrected chi connectivity index (χ4v) is 3.72. The monoisotopic (exact) mass is 495 g/mol. The standard InChI is InChI=1S/C25H29N5O6/c26-18(10-15-6-2-1-3-7-15)23(34)29-20(11-16-12-27-19-9-5-4-8-17(16)19)25(36)30-21(14-31)24(35)28-13-22(32)33/h1-9,12,18,20-21,27,31H,10-11,13-14,26H2,(H,28,35)(H,29,34)(H,30,36)(H,32,33). The van der Waals surface area contributed by atoms with Crippen LogP contribution in [-0.2, 0) is 32.0 Å². The number of amides is 3. The van der Waals surface area contributed by atoms with Gasteiger partial charge in [0.15, 0.2) is 0 Å². The van der Waals surface area contributed by atoms with Crippen molar-refractivity contribution in [2.45, 2.75) is 31.0 Å². The zero-order valence-corrected chi connectivity index (χ0v) is 19.4. The van der Waals surface area contributed by atoms with Crippen LogP contribution >= 0.6 is 0 Å². The molecule has 0 saturated heterocycles. The number of para-hydroxylation sites is 1. The van der Waals surface area contributed by atoms with E-state index in [2.05, 4.69) is 20.9 Å². The Morgan fingerprint density at radius 2 is 1.53 bits per heavy atom. The molecule has 0 saturated carbocycles. The van der Waals surface area contributed by atoms with E-state index in [1.165, 1.54) is 0 Å². The second kappa shape index (κ2) is 12.5. The van der Waals surface area contributed by atoms with Crippen molar-refractivity contribution in [3.05, 3.63) is 71.9 Å². The highest BCUT2D eigenvalue weighted by molar-refractivity contribution is 5.94. The Labute approximate surface area is 207 Å². The molecule has 0 fully saturated rings. The highest BCUT2D eigenvalue weighted by atomic mass is 16.4. The third kappa shape index (κ3) is 7.14. The Bertz CT molecular complexity index is 1210. The average Bonchev–Trinajstić information content (AvgIpc) is 3.28. The van der Waals surface area contributed by atoms with Crippen LogP contribution in [-0.4, -0.2) is 70.2 Å². The van der Waals surface area contributed by atoms with E-state index in [9.17, 15) is 24.3 Å². The van der Waals surface area contributed by atoms with Crippen molar-refractivity contribution in [2.24, 2.45) is 5.73 Å². The molecule has 0 spiro atoms. The van der Waals surface area contributed by atoms with Crippen molar-refractivity contribution >= 4 is 34.6 Å². The van der Waals surface area contributed by atoms with Gasteiger partial charge in [0.05, 0.1) is 12.6 Å². The van der Waals surface area contributed by atoms with E-state index in [1.54, 1.807) is 6.20 Å². The number of carbonyl (C=O) groups is 4. The lowest BCUT2D eigenvalue weighted by Crippen LogP contribution is -2.57. The maximum atomic E-state index is 13.1. The van der Waals surface area contributed by atoms with Crippen LogP contribution in [0.5, 0.6) is 0 Å². The van der Waals surface area contributed by atoms with Crippen LogP contribution in [0.15, 0.2) is 60.8 Å². The number of aliphatic hydroxyl groups is 1. The van der Waals surface area contributed by atoms with Gasteiger partial charge in [-0.3, -0.25) is 19.2 Å². The molecular weight excluding hydrogens is 466 g/mol. The van der Waals surface area contributed by atoms with Gasteiger partial charge in [0.25, 0.3) is 0 Å². The first kappa shape index (κ1) is 26.4. The Morgan fingerprint density at radius 3 is 2.22 bits per heavy atom. The molecule has 0 aliphatic rings. The van der Waals surface area contributed by atoms with Gasteiger partial charge in [0.2, 0.25) is 17.7 Å². The maximum absolute atomic E-state index is 13.1. The van der Waals surface area contributed by atoms with Gasteiger partial charge < -0.3 is 36.9 Å². The lowest BCUT2D eigenvalue weighted by molar-refractivity contribution is -0.138. The highest BCUT2D eigenvalue weighted by Gasteiger charge is 2.29. The predicted octanol–water partition coefficient (Wildman–Crippen LogP) is -0.557. The van der Waals surface area contributed by atoms with E-state index in [0.717, 1.165) is 22.0 Å². The number of fused-ring (bicyclic) bond motifs is 1. The molecule has 0 aliphatic heterocycles. The van der Waals surface area contributed by atoms with Crippen LogP contribution < -0.4 is 21.7 Å². The van der Waals surface area contributed by atoms with E-state index >= 15 is 0 Å². The largest absolute Gasteiger partial charge is 0.480 e. The van der Waals surface area contributed by atoms with E-state index in [-0.39, 0.29) is 12.8 Å². The topological polar surface area (TPSA) is 187 Å².